The Labute approximate surface area is 223 Å². The molecule has 0 bridgehead atoms. The molecule has 2 aliphatic rings. The Balaban J connectivity index is 1.50. The zero-order valence-electron chi connectivity index (χ0n) is 22.9. The van der Waals surface area contributed by atoms with Crippen LogP contribution in [0.25, 0.3) is 22.2 Å². The van der Waals surface area contributed by atoms with Crippen LogP contribution < -0.4 is 5.32 Å². The topological polar surface area (TPSA) is 110 Å². The van der Waals surface area contributed by atoms with Gasteiger partial charge in [0.05, 0.1) is 30.1 Å². The van der Waals surface area contributed by atoms with E-state index in [4.69, 9.17) is 9.47 Å². The van der Waals surface area contributed by atoms with Crippen LogP contribution >= 0.6 is 0 Å². The molecule has 0 aliphatic carbocycles. The molecule has 10 heteroatoms. The smallest absolute Gasteiger partial charge is 0.410 e. The Morgan fingerprint density at radius 3 is 2.66 bits per heavy atom. The van der Waals surface area contributed by atoms with Gasteiger partial charge in [-0.25, -0.2) is 4.79 Å². The fourth-order valence-corrected chi connectivity index (χ4v) is 5.10. The van der Waals surface area contributed by atoms with E-state index in [0.29, 0.717) is 31.4 Å². The standard InChI is InChI=1S/C28H37N7O3/c1-18-12-19-13-24(20-14-31-33(5)16-20)30-15-25(19)35(18)26(29)22-17-34(27(36)38-28(2,3)4)9-6-23(22)32-21-7-10-37-11-8-21/h12-16,21,29,32H,6-11,17H2,1-5H3. The lowest BCUT2D eigenvalue weighted by atomic mass is 10.0. The number of hydrogen-bond donors (Lipinski definition) is 2. The van der Waals surface area contributed by atoms with E-state index in [2.05, 4.69) is 21.5 Å². The molecule has 5 heterocycles. The van der Waals surface area contributed by atoms with Gasteiger partial charge in [-0.3, -0.25) is 19.6 Å². The summed E-state index contributed by atoms with van der Waals surface area (Å²) < 4.78 is 14.9. The SMILES string of the molecule is Cc1cc2cc(-c3cnn(C)c3)ncc2n1C(=N)C1=C(NC2CCOCC2)CCN(C(=O)OC(C)(C)C)C1. The molecule has 5 rings (SSSR count). The number of nitrogens with zero attached hydrogens (tertiary/aromatic N) is 5. The summed E-state index contributed by atoms with van der Waals surface area (Å²) in [6, 6.07) is 4.40. The number of ether oxygens (including phenoxy) is 2. The van der Waals surface area contributed by atoms with Crippen LogP contribution in [0.3, 0.4) is 0 Å². The van der Waals surface area contributed by atoms with Crippen molar-refractivity contribution in [1.29, 1.82) is 5.41 Å². The highest BCUT2D eigenvalue weighted by atomic mass is 16.6. The fraction of sp³-hybridized carbons (Fsp3) is 0.500. The van der Waals surface area contributed by atoms with E-state index >= 15 is 0 Å². The third kappa shape index (κ3) is 5.45. The number of fused-ring (bicyclic) bond motifs is 1. The highest BCUT2D eigenvalue weighted by Crippen LogP contribution is 2.28. The van der Waals surface area contributed by atoms with E-state index < -0.39 is 5.60 Å². The van der Waals surface area contributed by atoms with Crippen molar-refractivity contribution < 1.29 is 14.3 Å². The van der Waals surface area contributed by atoms with Crippen molar-refractivity contribution in [3.8, 4) is 11.3 Å². The van der Waals surface area contributed by atoms with Crippen LogP contribution in [0.4, 0.5) is 4.79 Å². The summed E-state index contributed by atoms with van der Waals surface area (Å²) in [5.74, 6) is 0.344. The summed E-state index contributed by atoms with van der Waals surface area (Å²) >= 11 is 0. The highest BCUT2D eigenvalue weighted by Gasteiger charge is 2.31. The van der Waals surface area contributed by atoms with Gasteiger partial charge in [-0.15, -0.1) is 0 Å². The van der Waals surface area contributed by atoms with Gasteiger partial charge in [0.1, 0.15) is 11.4 Å². The van der Waals surface area contributed by atoms with Crippen molar-refractivity contribution in [3.63, 3.8) is 0 Å². The number of nitrogens with one attached hydrogen (secondary N) is 2. The summed E-state index contributed by atoms with van der Waals surface area (Å²) in [6.45, 7) is 9.91. The zero-order valence-corrected chi connectivity index (χ0v) is 22.9. The molecule has 1 fully saturated rings. The lowest BCUT2D eigenvalue weighted by molar-refractivity contribution is 0.0259. The Hall–Kier alpha value is -3.66. The first-order valence-electron chi connectivity index (χ1n) is 13.2. The van der Waals surface area contributed by atoms with Gasteiger partial charge in [0.25, 0.3) is 0 Å². The second kappa shape index (κ2) is 10.2. The Morgan fingerprint density at radius 2 is 1.97 bits per heavy atom. The number of rotatable bonds is 4. The number of amides is 1. The molecule has 0 unspecified atom stereocenters. The molecule has 0 saturated carbocycles. The molecule has 10 nitrogen and oxygen atoms in total. The molecule has 38 heavy (non-hydrogen) atoms. The van der Waals surface area contributed by atoms with Crippen LogP contribution in [0.15, 0.2) is 42.0 Å². The minimum absolute atomic E-state index is 0.292. The van der Waals surface area contributed by atoms with Crippen molar-refractivity contribution in [2.45, 2.75) is 58.6 Å². The Kier molecular flexibility index (Phi) is 7.00. The van der Waals surface area contributed by atoms with Gasteiger partial charge in [-0.1, -0.05) is 0 Å². The van der Waals surface area contributed by atoms with E-state index in [0.717, 1.165) is 65.2 Å². The first-order valence-corrected chi connectivity index (χ1v) is 13.2. The van der Waals surface area contributed by atoms with Gasteiger partial charge in [0.15, 0.2) is 0 Å². The molecule has 0 atom stereocenters. The molecule has 0 spiro atoms. The summed E-state index contributed by atoms with van der Waals surface area (Å²) in [4.78, 5) is 19.4. The first-order chi connectivity index (χ1) is 18.1. The molecule has 2 aliphatic heterocycles. The van der Waals surface area contributed by atoms with E-state index in [1.165, 1.54) is 0 Å². The van der Waals surface area contributed by atoms with Crippen LogP contribution in [0.2, 0.25) is 0 Å². The molecule has 2 N–H and O–H groups in total. The molecule has 0 radical (unpaired) electrons. The van der Waals surface area contributed by atoms with Crippen molar-refractivity contribution in [2.75, 3.05) is 26.3 Å². The quantitative estimate of drug-likeness (QED) is 0.394. The molecule has 1 amide bonds. The van der Waals surface area contributed by atoms with Gasteiger partial charge < -0.3 is 19.7 Å². The lowest BCUT2D eigenvalue weighted by Gasteiger charge is -2.35. The largest absolute Gasteiger partial charge is 0.444 e. The van der Waals surface area contributed by atoms with Crippen LogP contribution in [-0.4, -0.2) is 74.1 Å². The Bertz CT molecular complexity index is 1390. The molecular weight excluding hydrogens is 482 g/mol. The van der Waals surface area contributed by atoms with Crippen LogP contribution in [0, 0.1) is 12.3 Å². The average Bonchev–Trinajstić information content (AvgIpc) is 3.45. The van der Waals surface area contributed by atoms with E-state index in [1.54, 1.807) is 15.8 Å². The van der Waals surface area contributed by atoms with E-state index in [9.17, 15) is 10.2 Å². The third-order valence-corrected chi connectivity index (χ3v) is 6.98. The van der Waals surface area contributed by atoms with Gasteiger partial charge >= 0.3 is 6.09 Å². The van der Waals surface area contributed by atoms with Crippen molar-refractivity contribution in [2.24, 2.45) is 7.05 Å². The molecule has 1 saturated heterocycles. The summed E-state index contributed by atoms with van der Waals surface area (Å²) in [6.07, 6.45) is 7.68. The maximum absolute atomic E-state index is 13.0. The Morgan fingerprint density at radius 1 is 1.21 bits per heavy atom. The normalized spacial score (nSPS) is 17.2. The van der Waals surface area contributed by atoms with Crippen molar-refractivity contribution >= 4 is 22.8 Å². The second-order valence-corrected chi connectivity index (χ2v) is 11.1. The van der Waals surface area contributed by atoms with Crippen LogP contribution in [-0.2, 0) is 16.5 Å². The van der Waals surface area contributed by atoms with Gasteiger partial charge in [0, 0.05) is 73.4 Å². The number of aryl methyl sites for hydroxylation is 2. The first kappa shape index (κ1) is 26.0. The lowest BCUT2D eigenvalue weighted by Crippen LogP contribution is -2.45. The molecule has 0 aromatic carbocycles. The van der Waals surface area contributed by atoms with Crippen LogP contribution in [0.1, 0.15) is 45.7 Å². The minimum Gasteiger partial charge on any atom is -0.444 e. The zero-order chi connectivity index (χ0) is 27.0. The number of carbonyl (C=O) groups excluding carboxylic acids is 1. The number of aromatic nitrogens is 4. The second-order valence-electron chi connectivity index (χ2n) is 11.1. The van der Waals surface area contributed by atoms with Gasteiger partial charge in [-0.2, -0.15) is 5.10 Å². The number of pyridine rings is 1. The maximum atomic E-state index is 13.0. The minimum atomic E-state index is -0.583. The summed E-state index contributed by atoms with van der Waals surface area (Å²) in [7, 11) is 1.88. The summed E-state index contributed by atoms with van der Waals surface area (Å²) in [5.41, 5.74) is 4.80. The predicted molar refractivity (Wildman–Crippen MR) is 146 cm³/mol. The molecule has 3 aromatic rings. The predicted octanol–water partition coefficient (Wildman–Crippen LogP) is 4.23. The molecule has 3 aromatic heterocycles. The van der Waals surface area contributed by atoms with Crippen LogP contribution in [0.5, 0.6) is 0 Å². The summed E-state index contributed by atoms with van der Waals surface area (Å²) in [5, 5.41) is 18.3. The maximum Gasteiger partial charge on any atom is 0.410 e. The average molecular weight is 520 g/mol. The number of carbonyl (C=O) groups is 1. The molecular formula is C28H37N7O3. The van der Waals surface area contributed by atoms with Gasteiger partial charge in [-0.05, 0) is 52.7 Å². The highest BCUT2D eigenvalue weighted by molar-refractivity contribution is 6.05. The molecule has 202 valence electrons. The van der Waals surface area contributed by atoms with E-state index in [-0.39, 0.29) is 6.09 Å². The van der Waals surface area contributed by atoms with Gasteiger partial charge in [0.2, 0.25) is 0 Å². The van der Waals surface area contributed by atoms with E-state index in [1.807, 2.05) is 57.8 Å². The van der Waals surface area contributed by atoms with Crippen molar-refractivity contribution in [1.82, 2.24) is 29.5 Å². The number of hydrogen-bond acceptors (Lipinski definition) is 7. The van der Waals surface area contributed by atoms with Crippen molar-refractivity contribution in [3.05, 3.63) is 47.7 Å². The monoisotopic (exact) mass is 519 g/mol. The third-order valence-electron chi connectivity index (χ3n) is 6.98. The fourth-order valence-electron chi connectivity index (χ4n) is 5.10.